The van der Waals surface area contributed by atoms with E-state index in [0.29, 0.717) is 11.5 Å². The third-order valence-electron chi connectivity index (χ3n) is 6.37. The lowest BCUT2D eigenvalue weighted by Gasteiger charge is -2.21. The number of amides is 2. The lowest BCUT2D eigenvalue weighted by Crippen LogP contribution is -2.46. The average molecular weight is 587 g/mol. The highest BCUT2D eigenvalue weighted by molar-refractivity contribution is 5.98. The molecule has 2 amide bonds. The summed E-state index contributed by atoms with van der Waals surface area (Å²) in [6, 6.07) is 16.9. The van der Waals surface area contributed by atoms with Crippen LogP contribution < -0.4 is 16.2 Å². The number of nitrogens with one attached hydrogen (secondary N) is 2. The van der Waals surface area contributed by atoms with E-state index in [-0.39, 0.29) is 29.9 Å². The number of rotatable bonds is 10. The van der Waals surface area contributed by atoms with Crippen LogP contribution >= 0.6 is 0 Å². The van der Waals surface area contributed by atoms with E-state index in [1.54, 1.807) is 56.3 Å². The van der Waals surface area contributed by atoms with Crippen molar-refractivity contribution in [3.63, 3.8) is 0 Å². The van der Waals surface area contributed by atoms with E-state index in [1.165, 1.54) is 6.20 Å². The number of ketones is 1. The summed E-state index contributed by atoms with van der Waals surface area (Å²) >= 11 is 0. The van der Waals surface area contributed by atoms with Crippen LogP contribution in [0.3, 0.4) is 0 Å². The number of anilines is 1. The molecule has 0 aliphatic rings. The SMILES string of the molecule is CC(C)[C@H](NC(=O)Cn1c(-c2ccccc2)ncc(NC(=O)OCc2ccccc2)c1=O)C(=O)c1nnc(C(C)(C)C)o1. The van der Waals surface area contributed by atoms with Crippen LogP contribution in [0, 0.1) is 5.92 Å². The number of carbonyl (C=O) groups is 3. The smallest absolute Gasteiger partial charge is 0.412 e. The van der Waals surface area contributed by atoms with E-state index < -0.39 is 41.3 Å². The zero-order valence-corrected chi connectivity index (χ0v) is 24.7. The van der Waals surface area contributed by atoms with Crippen molar-refractivity contribution in [3.8, 4) is 11.4 Å². The molecule has 43 heavy (non-hydrogen) atoms. The summed E-state index contributed by atoms with van der Waals surface area (Å²) in [7, 11) is 0. The van der Waals surface area contributed by atoms with Gasteiger partial charge in [-0.15, -0.1) is 10.2 Å². The van der Waals surface area contributed by atoms with E-state index in [1.807, 2.05) is 39.0 Å². The summed E-state index contributed by atoms with van der Waals surface area (Å²) in [6.07, 6.45) is 0.358. The zero-order valence-electron chi connectivity index (χ0n) is 24.7. The van der Waals surface area contributed by atoms with Crippen LogP contribution in [0.2, 0.25) is 0 Å². The molecule has 0 radical (unpaired) electrons. The molecule has 0 aliphatic heterocycles. The molecule has 0 fully saturated rings. The zero-order chi connectivity index (χ0) is 31.1. The maximum Gasteiger partial charge on any atom is 0.412 e. The molecule has 0 unspecified atom stereocenters. The van der Waals surface area contributed by atoms with Gasteiger partial charge in [0.1, 0.15) is 24.7 Å². The number of aromatic nitrogens is 4. The monoisotopic (exact) mass is 586 g/mol. The Morgan fingerprint density at radius 3 is 2.23 bits per heavy atom. The minimum absolute atomic E-state index is 0.000703. The van der Waals surface area contributed by atoms with Gasteiger partial charge in [0.2, 0.25) is 17.6 Å². The fourth-order valence-corrected chi connectivity index (χ4v) is 4.07. The van der Waals surface area contributed by atoms with Crippen LogP contribution in [-0.2, 0) is 28.1 Å². The molecule has 2 aromatic heterocycles. The van der Waals surface area contributed by atoms with Crippen molar-refractivity contribution in [3.05, 3.63) is 94.6 Å². The number of nitrogens with zero attached hydrogens (tertiary/aromatic N) is 4. The fraction of sp³-hybridized carbons (Fsp3) is 0.323. The molecule has 12 heteroatoms. The molecule has 12 nitrogen and oxygen atoms in total. The van der Waals surface area contributed by atoms with Crippen LogP contribution in [0.4, 0.5) is 10.5 Å². The highest BCUT2D eigenvalue weighted by Gasteiger charge is 2.32. The third kappa shape index (κ3) is 7.79. The molecule has 0 spiro atoms. The Morgan fingerprint density at radius 2 is 1.63 bits per heavy atom. The number of carbonyl (C=O) groups excluding carboxylic acids is 3. The number of hydrogen-bond acceptors (Lipinski definition) is 9. The van der Waals surface area contributed by atoms with Crippen molar-refractivity contribution in [2.75, 3.05) is 5.32 Å². The molecular formula is C31H34N6O6. The Kier molecular flexibility index (Phi) is 9.49. The van der Waals surface area contributed by atoms with Gasteiger partial charge in [0.05, 0.1) is 12.2 Å². The predicted octanol–water partition coefficient (Wildman–Crippen LogP) is 4.36. The lowest BCUT2D eigenvalue weighted by molar-refractivity contribution is -0.122. The first-order chi connectivity index (χ1) is 20.4. The van der Waals surface area contributed by atoms with E-state index >= 15 is 0 Å². The van der Waals surface area contributed by atoms with Gasteiger partial charge in [0, 0.05) is 11.0 Å². The molecule has 2 N–H and O–H groups in total. The van der Waals surface area contributed by atoms with Gasteiger partial charge in [-0.25, -0.2) is 9.78 Å². The third-order valence-corrected chi connectivity index (χ3v) is 6.37. The van der Waals surface area contributed by atoms with Crippen molar-refractivity contribution in [2.24, 2.45) is 5.92 Å². The first-order valence-electron chi connectivity index (χ1n) is 13.7. The van der Waals surface area contributed by atoms with Gasteiger partial charge < -0.3 is 14.5 Å². The summed E-state index contributed by atoms with van der Waals surface area (Å²) < 4.78 is 12.0. The molecule has 4 aromatic rings. The summed E-state index contributed by atoms with van der Waals surface area (Å²) in [5.74, 6) is -1.24. The maximum absolute atomic E-state index is 13.6. The van der Waals surface area contributed by atoms with E-state index in [0.717, 1.165) is 10.1 Å². The molecule has 2 aromatic carbocycles. The van der Waals surface area contributed by atoms with Gasteiger partial charge in [0.25, 0.3) is 11.4 Å². The molecule has 1 atom stereocenters. The standard InChI is InChI=1S/C31H34N6O6/c1-19(2)24(25(39)27-35-36-29(43-27)31(3,4)5)34-23(38)17-37-26(21-14-10-7-11-15-21)32-16-22(28(37)40)33-30(41)42-18-20-12-8-6-9-13-20/h6-16,19,24H,17-18H2,1-5H3,(H,33,41)(H,34,38)/t24-/m0/s1. The molecule has 2 heterocycles. The van der Waals surface area contributed by atoms with Crippen LogP contribution in [0.5, 0.6) is 0 Å². The topological polar surface area (TPSA) is 158 Å². The van der Waals surface area contributed by atoms with Gasteiger partial charge >= 0.3 is 6.09 Å². The molecule has 0 bridgehead atoms. The van der Waals surface area contributed by atoms with Crippen molar-refractivity contribution < 1.29 is 23.5 Å². The van der Waals surface area contributed by atoms with Gasteiger partial charge in [-0.2, -0.15) is 0 Å². The van der Waals surface area contributed by atoms with Gasteiger partial charge in [-0.1, -0.05) is 95.3 Å². The molecule has 0 aliphatic carbocycles. The molecule has 4 rings (SSSR count). The summed E-state index contributed by atoms with van der Waals surface area (Å²) in [5.41, 5.74) is 0.0238. The Labute approximate surface area is 248 Å². The van der Waals surface area contributed by atoms with Crippen molar-refractivity contribution in [1.29, 1.82) is 0 Å². The van der Waals surface area contributed by atoms with Crippen molar-refractivity contribution in [2.45, 2.75) is 59.2 Å². The second kappa shape index (κ2) is 13.2. The Hall–Kier alpha value is -5.13. The summed E-state index contributed by atoms with van der Waals surface area (Å²) in [6.45, 7) is 8.66. The minimum atomic E-state index is -1.00. The van der Waals surface area contributed by atoms with E-state index in [4.69, 9.17) is 9.15 Å². The van der Waals surface area contributed by atoms with E-state index in [9.17, 15) is 19.2 Å². The molecule has 0 saturated heterocycles. The number of benzene rings is 2. The first-order valence-corrected chi connectivity index (χ1v) is 13.7. The summed E-state index contributed by atoms with van der Waals surface area (Å²) in [5, 5.41) is 13.0. The summed E-state index contributed by atoms with van der Waals surface area (Å²) in [4.78, 5) is 57.0. The Balaban J connectivity index is 1.56. The lowest BCUT2D eigenvalue weighted by atomic mass is 9.97. The van der Waals surface area contributed by atoms with Crippen LogP contribution in [0.25, 0.3) is 11.4 Å². The van der Waals surface area contributed by atoms with Crippen molar-refractivity contribution >= 4 is 23.5 Å². The molecule has 0 saturated carbocycles. The largest absolute Gasteiger partial charge is 0.444 e. The van der Waals surface area contributed by atoms with Crippen LogP contribution in [-0.4, -0.2) is 43.6 Å². The van der Waals surface area contributed by atoms with Gasteiger partial charge in [0.15, 0.2) is 0 Å². The van der Waals surface area contributed by atoms with Crippen LogP contribution in [0.1, 0.15) is 56.8 Å². The number of ether oxygens (including phenoxy) is 1. The minimum Gasteiger partial charge on any atom is -0.444 e. The Bertz CT molecular complexity index is 1640. The molecular weight excluding hydrogens is 552 g/mol. The van der Waals surface area contributed by atoms with Crippen molar-refractivity contribution in [1.82, 2.24) is 25.1 Å². The predicted molar refractivity (Wildman–Crippen MR) is 158 cm³/mol. The normalized spacial score (nSPS) is 12.0. The fourth-order valence-electron chi connectivity index (χ4n) is 4.07. The van der Waals surface area contributed by atoms with E-state index in [2.05, 4.69) is 25.8 Å². The highest BCUT2D eigenvalue weighted by Crippen LogP contribution is 2.22. The maximum atomic E-state index is 13.6. The molecule has 224 valence electrons. The number of hydrogen-bond donors (Lipinski definition) is 2. The quantitative estimate of drug-likeness (QED) is 0.258. The van der Waals surface area contributed by atoms with Gasteiger partial charge in [-0.3, -0.25) is 24.3 Å². The Morgan fingerprint density at radius 1 is 0.977 bits per heavy atom. The van der Waals surface area contributed by atoms with Crippen LogP contribution in [0.15, 0.2) is 76.1 Å². The second-order valence-corrected chi connectivity index (χ2v) is 11.3. The second-order valence-electron chi connectivity index (χ2n) is 11.3. The average Bonchev–Trinajstić information content (AvgIpc) is 3.49. The highest BCUT2D eigenvalue weighted by atomic mass is 16.5. The first kappa shape index (κ1) is 30.8. The number of Topliss-reactive ketones (excluding diaryl/α,β-unsaturated/α-hetero) is 1. The van der Waals surface area contributed by atoms with Gasteiger partial charge in [-0.05, 0) is 11.5 Å².